The van der Waals surface area contributed by atoms with Crippen LogP contribution in [0.2, 0.25) is 5.02 Å². The molecule has 2 nitrogen and oxygen atoms in total. The molecule has 1 aromatic carbocycles. The lowest BCUT2D eigenvalue weighted by molar-refractivity contribution is 0.371. The van der Waals surface area contributed by atoms with Crippen molar-refractivity contribution in [3.05, 3.63) is 29.0 Å². The molecule has 0 aromatic heterocycles. The predicted molar refractivity (Wildman–Crippen MR) is 71.2 cm³/mol. The third kappa shape index (κ3) is 2.18. The fraction of sp³-hybridized carbons (Fsp3) is 0.500. The Kier molecular flexibility index (Phi) is 3.49. The smallest absolute Gasteiger partial charge is 0.141 e. The Labute approximate surface area is 112 Å². The maximum absolute atomic E-state index is 13.2. The standard InChI is InChI=1S/C14H16ClFN2/c1-14(2)10(5-7-17)6-8-18(14)11-3-4-13(16)12(15)9-11/h3-4,9-10H,5-6,8H2,1-2H3. The first kappa shape index (κ1) is 13.2. The van der Waals surface area contributed by atoms with Crippen molar-refractivity contribution in [3.63, 3.8) is 0 Å². The topological polar surface area (TPSA) is 27.0 Å². The van der Waals surface area contributed by atoms with Gasteiger partial charge in [-0.2, -0.15) is 5.26 Å². The van der Waals surface area contributed by atoms with Gasteiger partial charge in [-0.3, -0.25) is 0 Å². The Balaban J connectivity index is 2.29. The number of nitriles is 1. The van der Waals surface area contributed by atoms with Gasteiger partial charge in [0.15, 0.2) is 0 Å². The SMILES string of the molecule is CC1(C)C(CC#N)CCN1c1ccc(F)c(Cl)c1. The molecule has 0 aliphatic carbocycles. The highest BCUT2D eigenvalue weighted by Gasteiger charge is 2.41. The molecular weight excluding hydrogens is 251 g/mol. The van der Waals surface area contributed by atoms with Crippen LogP contribution in [0.5, 0.6) is 0 Å². The summed E-state index contributed by atoms with van der Waals surface area (Å²) < 4.78 is 13.2. The molecule has 1 heterocycles. The quantitative estimate of drug-likeness (QED) is 0.809. The van der Waals surface area contributed by atoms with E-state index >= 15 is 0 Å². The minimum absolute atomic E-state index is 0.100. The first-order valence-corrected chi connectivity index (χ1v) is 6.44. The number of rotatable bonds is 2. The average molecular weight is 267 g/mol. The number of hydrogen-bond acceptors (Lipinski definition) is 2. The summed E-state index contributed by atoms with van der Waals surface area (Å²) in [5, 5.41) is 9.00. The van der Waals surface area contributed by atoms with Crippen LogP contribution in [0.1, 0.15) is 26.7 Å². The van der Waals surface area contributed by atoms with Crippen LogP contribution in [-0.4, -0.2) is 12.1 Å². The lowest BCUT2D eigenvalue weighted by Gasteiger charge is -2.37. The summed E-state index contributed by atoms with van der Waals surface area (Å²) in [7, 11) is 0. The molecule has 1 atom stereocenters. The van der Waals surface area contributed by atoms with Crippen LogP contribution in [0.4, 0.5) is 10.1 Å². The van der Waals surface area contributed by atoms with Crippen LogP contribution in [0.25, 0.3) is 0 Å². The van der Waals surface area contributed by atoms with E-state index in [2.05, 4.69) is 24.8 Å². The van der Waals surface area contributed by atoms with Gasteiger partial charge in [-0.1, -0.05) is 11.6 Å². The minimum Gasteiger partial charge on any atom is -0.366 e. The largest absolute Gasteiger partial charge is 0.366 e. The van der Waals surface area contributed by atoms with Gasteiger partial charge >= 0.3 is 0 Å². The van der Waals surface area contributed by atoms with Crippen molar-refractivity contribution in [2.45, 2.75) is 32.2 Å². The van der Waals surface area contributed by atoms with Crippen LogP contribution < -0.4 is 4.90 Å². The van der Waals surface area contributed by atoms with Crippen LogP contribution in [0.15, 0.2) is 18.2 Å². The molecule has 18 heavy (non-hydrogen) atoms. The zero-order valence-electron chi connectivity index (χ0n) is 10.6. The Morgan fingerprint density at radius 1 is 1.56 bits per heavy atom. The summed E-state index contributed by atoms with van der Waals surface area (Å²) in [6.45, 7) is 5.12. The third-order valence-electron chi connectivity index (χ3n) is 3.95. The first-order valence-electron chi connectivity index (χ1n) is 6.06. The van der Waals surface area contributed by atoms with E-state index in [1.807, 2.05) is 0 Å². The molecule has 0 saturated carbocycles. The van der Waals surface area contributed by atoms with Crippen LogP contribution >= 0.6 is 11.6 Å². The van der Waals surface area contributed by atoms with Crippen LogP contribution in [0.3, 0.4) is 0 Å². The van der Waals surface area contributed by atoms with Gasteiger partial charge in [0, 0.05) is 24.2 Å². The van der Waals surface area contributed by atoms with Crippen molar-refractivity contribution in [3.8, 4) is 6.07 Å². The number of anilines is 1. The summed E-state index contributed by atoms with van der Waals surface area (Å²) >= 11 is 5.83. The number of halogens is 2. The van der Waals surface area contributed by atoms with Crippen molar-refractivity contribution >= 4 is 17.3 Å². The zero-order valence-corrected chi connectivity index (χ0v) is 11.3. The summed E-state index contributed by atoms with van der Waals surface area (Å²) in [6.07, 6.45) is 1.54. The monoisotopic (exact) mass is 266 g/mol. The van der Waals surface area contributed by atoms with E-state index in [9.17, 15) is 4.39 Å². The second-order valence-corrected chi connectivity index (χ2v) is 5.66. The fourth-order valence-corrected chi connectivity index (χ4v) is 2.90. The minimum atomic E-state index is -0.397. The first-order chi connectivity index (χ1) is 8.46. The van der Waals surface area contributed by atoms with Gasteiger partial charge in [0.1, 0.15) is 5.82 Å². The molecule has 0 spiro atoms. The normalized spacial score (nSPS) is 21.9. The van der Waals surface area contributed by atoms with Crippen molar-refractivity contribution < 1.29 is 4.39 Å². The molecule has 1 fully saturated rings. The predicted octanol–water partition coefficient (Wildman–Crippen LogP) is 4.00. The van der Waals surface area contributed by atoms with Crippen molar-refractivity contribution in [1.29, 1.82) is 5.26 Å². The van der Waals surface area contributed by atoms with Crippen molar-refractivity contribution in [1.82, 2.24) is 0 Å². The Morgan fingerprint density at radius 3 is 2.89 bits per heavy atom. The van der Waals surface area contributed by atoms with Crippen molar-refractivity contribution in [2.24, 2.45) is 5.92 Å². The van der Waals surface area contributed by atoms with E-state index in [-0.39, 0.29) is 10.6 Å². The summed E-state index contributed by atoms with van der Waals surface area (Å²) in [5.74, 6) is -0.0580. The molecule has 1 saturated heterocycles. The molecule has 0 N–H and O–H groups in total. The summed E-state index contributed by atoms with van der Waals surface area (Å²) in [4.78, 5) is 2.21. The van der Waals surface area contributed by atoms with E-state index in [0.717, 1.165) is 18.7 Å². The maximum Gasteiger partial charge on any atom is 0.141 e. The van der Waals surface area contributed by atoms with Crippen molar-refractivity contribution in [2.75, 3.05) is 11.4 Å². The molecule has 1 aliphatic rings. The molecule has 96 valence electrons. The third-order valence-corrected chi connectivity index (χ3v) is 4.24. The van der Waals surface area contributed by atoms with Gasteiger partial charge in [-0.05, 0) is 44.4 Å². The van der Waals surface area contributed by atoms with E-state index in [1.54, 1.807) is 12.1 Å². The summed E-state index contributed by atoms with van der Waals surface area (Å²) in [6, 6.07) is 7.05. The lowest BCUT2D eigenvalue weighted by Crippen LogP contribution is -2.42. The maximum atomic E-state index is 13.2. The van der Waals surface area contributed by atoms with Gasteiger partial charge in [0.05, 0.1) is 11.1 Å². The zero-order chi connectivity index (χ0) is 13.3. The Hall–Kier alpha value is -1.27. The molecule has 2 rings (SSSR count). The highest BCUT2D eigenvalue weighted by Crippen LogP contribution is 2.40. The highest BCUT2D eigenvalue weighted by molar-refractivity contribution is 6.31. The second-order valence-electron chi connectivity index (χ2n) is 5.25. The molecule has 1 aromatic rings. The second kappa shape index (κ2) is 4.78. The van der Waals surface area contributed by atoms with Gasteiger partial charge < -0.3 is 4.90 Å². The number of benzene rings is 1. The van der Waals surface area contributed by atoms with Gasteiger partial charge in [-0.15, -0.1) is 0 Å². The summed E-state index contributed by atoms with van der Waals surface area (Å²) in [5.41, 5.74) is 0.823. The van der Waals surface area contributed by atoms with Gasteiger partial charge in [0.2, 0.25) is 0 Å². The molecule has 0 amide bonds. The molecular formula is C14H16ClFN2. The van der Waals surface area contributed by atoms with Crippen LogP contribution in [-0.2, 0) is 0 Å². The van der Waals surface area contributed by atoms with E-state index in [1.165, 1.54) is 6.07 Å². The van der Waals surface area contributed by atoms with Gasteiger partial charge in [0.25, 0.3) is 0 Å². The van der Waals surface area contributed by atoms with E-state index in [4.69, 9.17) is 16.9 Å². The molecule has 1 unspecified atom stereocenters. The number of hydrogen-bond donors (Lipinski definition) is 0. The van der Waals surface area contributed by atoms with Gasteiger partial charge in [-0.25, -0.2) is 4.39 Å². The molecule has 0 bridgehead atoms. The Morgan fingerprint density at radius 2 is 2.28 bits per heavy atom. The van der Waals surface area contributed by atoms with E-state index < -0.39 is 5.82 Å². The molecule has 4 heteroatoms. The highest BCUT2D eigenvalue weighted by atomic mass is 35.5. The fourth-order valence-electron chi connectivity index (χ4n) is 2.72. The molecule has 1 aliphatic heterocycles. The number of nitrogens with zero attached hydrogens (tertiary/aromatic N) is 2. The Bertz CT molecular complexity index is 493. The lowest BCUT2D eigenvalue weighted by atomic mass is 9.86. The average Bonchev–Trinajstić information content (AvgIpc) is 2.60. The van der Waals surface area contributed by atoms with Crippen LogP contribution in [0, 0.1) is 23.1 Å². The molecule has 0 radical (unpaired) electrons. The van der Waals surface area contributed by atoms with E-state index in [0.29, 0.717) is 12.3 Å².